The van der Waals surface area contributed by atoms with Crippen molar-refractivity contribution in [3.8, 4) is 5.75 Å². The van der Waals surface area contributed by atoms with Crippen LogP contribution in [-0.4, -0.2) is 41.1 Å². The fourth-order valence-electron chi connectivity index (χ4n) is 2.30. The predicted molar refractivity (Wildman–Crippen MR) is 73.9 cm³/mol. The van der Waals surface area contributed by atoms with Gasteiger partial charge in [-0.3, -0.25) is 4.79 Å². The molecule has 0 aliphatic carbocycles. The summed E-state index contributed by atoms with van der Waals surface area (Å²) in [5.41, 5.74) is 0. The summed E-state index contributed by atoms with van der Waals surface area (Å²) in [4.78, 5) is 24.5. The maximum Gasteiger partial charge on any atom is 0.326 e. The number of rotatable bonds is 4. The van der Waals surface area contributed by atoms with Gasteiger partial charge in [-0.05, 0) is 37.5 Å². The molecule has 2 rings (SSSR count). The number of piperidine rings is 1. The van der Waals surface area contributed by atoms with Crippen LogP contribution in [0.15, 0.2) is 18.2 Å². The fourth-order valence-corrected chi connectivity index (χ4v) is 2.52. The van der Waals surface area contributed by atoms with Crippen LogP contribution in [0.2, 0.25) is 5.02 Å². The smallest absolute Gasteiger partial charge is 0.326 e. The van der Waals surface area contributed by atoms with Crippen LogP contribution >= 0.6 is 11.6 Å². The molecule has 1 unspecified atom stereocenters. The molecule has 1 heterocycles. The monoisotopic (exact) mass is 315 g/mol. The average Bonchev–Trinajstić information content (AvgIpc) is 2.46. The Labute approximate surface area is 126 Å². The molecule has 1 saturated heterocycles. The molecule has 0 saturated carbocycles. The van der Waals surface area contributed by atoms with Crippen molar-refractivity contribution in [3.63, 3.8) is 0 Å². The number of carboxylic acids is 1. The molecule has 1 aliphatic heterocycles. The second-order valence-electron chi connectivity index (χ2n) is 4.80. The third kappa shape index (κ3) is 3.85. The number of carbonyl (C=O) groups excluding carboxylic acids is 1. The predicted octanol–water partition coefficient (Wildman–Crippen LogP) is 2.32. The number of amides is 1. The minimum absolute atomic E-state index is 0.0660. The van der Waals surface area contributed by atoms with Crippen molar-refractivity contribution in [3.05, 3.63) is 29.0 Å². The Kier molecular flexibility index (Phi) is 5.01. The Morgan fingerprint density at radius 2 is 2.19 bits per heavy atom. The standard InChI is InChI=1S/C14H15ClFNO4/c15-10-7-9(16)4-5-12(10)21-8-13(18)17-6-2-1-3-11(17)14(19)20/h4-5,7,11H,1-3,6,8H2,(H,19,20). The fraction of sp³-hybridized carbons (Fsp3) is 0.429. The van der Waals surface area contributed by atoms with Crippen molar-refractivity contribution in [2.24, 2.45) is 0 Å². The van der Waals surface area contributed by atoms with Crippen molar-refractivity contribution in [1.29, 1.82) is 0 Å². The van der Waals surface area contributed by atoms with E-state index in [0.717, 1.165) is 18.9 Å². The summed E-state index contributed by atoms with van der Waals surface area (Å²) < 4.78 is 18.1. The molecule has 5 nitrogen and oxygen atoms in total. The number of carbonyl (C=O) groups is 2. The lowest BCUT2D eigenvalue weighted by Gasteiger charge is -2.32. The number of carboxylic acid groups (broad SMARTS) is 1. The molecule has 1 amide bonds. The number of benzene rings is 1. The third-order valence-corrected chi connectivity index (χ3v) is 3.65. The first-order chi connectivity index (χ1) is 9.99. The summed E-state index contributed by atoms with van der Waals surface area (Å²) in [6, 6.07) is 2.78. The molecule has 1 fully saturated rings. The van der Waals surface area contributed by atoms with Gasteiger partial charge >= 0.3 is 5.97 Å². The molecule has 1 aliphatic rings. The lowest BCUT2D eigenvalue weighted by molar-refractivity contribution is -0.152. The Balaban J connectivity index is 1.98. The van der Waals surface area contributed by atoms with E-state index in [9.17, 15) is 14.0 Å². The van der Waals surface area contributed by atoms with E-state index in [-0.39, 0.29) is 17.4 Å². The van der Waals surface area contributed by atoms with Crippen molar-refractivity contribution in [2.45, 2.75) is 25.3 Å². The molecule has 21 heavy (non-hydrogen) atoms. The first kappa shape index (κ1) is 15.6. The van der Waals surface area contributed by atoms with E-state index in [2.05, 4.69) is 0 Å². The number of hydrogen-bond acceptors (Lipinski definition) is 3. The number of nitrogens with zero attached hydrogens (tertiary/aromatic N) is 1. The minimum atomic E-state index is -1.01. The summed E-state index contributed by atoms with van der Waals surface area (Å²) in [6.07, 6.45) is 2.00. The van der Waals surface area contributed by atoms with Crippen molar-refractivity contribution in [1.82, 2.24) is 4.90 Å². The number of aliphatic carboxylic acids is 1. The van der Waals surface area contributed by atoms with E-state index in [1.165, 1.54) is 17.0 Å². The van der Waals surface area contributed by atoms with Crippen molar-refractivity contribution in [2.75, 3.05) is 13.2 Å². The molecule has 1 aromatic carbocycles. The van der Waals surface area contributed by atoms with Gasteiger partial charge in [0.25, 0.3) is 5.91 Å². The highest BCUT2D eigenvalue weighted by atomic mass is 35.5. The van der Waals surface area contributed by atoms with E-state index in [1.54, 1.807) is 0 Å². The van der Waals surface area contributed by atoms with E-state index in [0.29, 0.717) is 13.0 Å². The number of halogens is 2. The first-order valence-electron chi connectivity index (χ1n) is 6.59. The van der Waals surface area contributed by atoms with E-state index in [1.807, 2.05) is 0 Å². The number of likely N-dealkylation sites (tertiary alicyclic amines) is 1. The lowest BCUT2D eigenvalue weighted by atomic mass is 10.0. The second kappa shape index (κ2) is 6.76. The van der Waals surface area contributed by atoms with Crippen LogP contribution in [0.5, 0.6) is 5.75 Å². The molecule has 1 aromatic rings. The Bertz CT molecular complexity index is 552. The van der Waals surface area contributed by atoms with Crippen LogP contribution in [0.4, 0.5) is 4.39 Å². The average molecular weight is 316 g/mol. The molecule has 0 spiro atoms. The molecule has 114 valence electrons. The molecule has 1 atom stereocenters. The van der Waals surface area contributed by atoms with Crippen LogP contribution in [0, 0.1) is 5.82 Å². The maximum absolute atomic E-state index is 12.9. The summed E-state index contributed by atoms with van der Waals surface area (Å²) in [5, 5.41) is 9.19. The van der Waals surface area contributed by atoms with Gasteiger partial charge in [0.05, 0.1) is 5.02 Å². The van der Waals surface area contributed by atoms with Gasteiger partial charge in [-0.15, -0.1) is 0 Å². The van der Waals surface area contributed by atoms with Crippen LogP contribution in [0.25, 0.3) is 0 Å². The summed E-state index contributed by atoms with van der Waals surface area (Å²) in [5.74, 6) is -1.73. The SMILES string of the molecule is O=C(O)C1CCCCN1C(=O)COc1ccc(F)cc1Cl. The van der Waals surface area contributed by atoms with Gasteiger partial charge in [-0.2, -0.15) is 0 Å². The van der Waals surface area contributed by atoms with Gasteiger partial charge < -0.3 is 14.7 Å². The molecule has 0 radical (unpaired) electrons. The first-order valence-corrected chi connectivity index (χ1v) is 6.97. The van der Waals surface area contributed by atoms with Gasteiger partial charge in [0.2, 0.25) is 0 Å². The van der Waals surface area contributed by atoms with Gasteiger partial charge in [-0.25, -0.2) is 9.18 Å². The molecular weight excluding hydrogens is 301 g/mol. The maximum atomic E-state index is 12.9. The zero-order valence-corrected chi connectivity index (χ0v) is 12.0. The zero-order valence-electron chi connectivity index (χ0n) is 11.2. The Morgan fingerprint density at radius 1 is 1.43 bits per heavy atom. The van der Waals surface area contributed by atoms with Crippen molar-refractivity contribution < 1.29 is 23.8 Å². The number of hydrogen-bond donors (Lipinski definition) is 1. The van der Waals surface area contributed by atoms with Gasteiger partial charge in [-0.1, -0.05) is 11.6 Å². The lowest BCUT2D eigenvalue weighted by Crippen LogP contribution is -2.49. The van der Waals surface area contributed by atoms with Crippen LogP contribution in [0.3, 0.4) is 0 Å². The molecule has 0 bridgehead atoms. The van der Waals surface area contributed by atoms with Crippen LogP contribution in [-0.2, 0) is 9.59 Å². The van der Waals surface area contributed by atoms with E-state index >= 15 is 0 Å². The molecule has 1 N–H and O–H groups in total. The summed E-state index contributed by atoms with van der Waals surface area (Å²) in [7, 11) is 0. The van der Waals surface area contributed by atoms with E-state index in [4.69, 9.17) is 21.4 Å². The quantitative estimate of drug-likeness (QED) is 0.926. The molecule has 7 heteroatoms. The highest BCUT2D eigenvalue weighted by molar-refractivity contribution is 6.32. The Morgan fingerprint density at radius 3 is 2.86 bits per heavy atom. The van der Waals surface area contributed by atoms with Gasteiger partial charge in [0, 0.05) is 6.54 Å². The highest BCUT2D eigenvalue weighted by Crippen LogP contribution is 2.25. The normalized spacial score (nSPS) is 18.4. The van der Waals surface area contributed by atoms with Crippen molar-refractivity contribution >= 4 is 23.5 Å². The van der Waals surface area contributed by atoms with Crippen LogP contribution in [0.1, 0.15) is 19.3 Å². The second-order valence-corrected chi connectivity index (χ2v) is 5.21. The highest BCUT2D eigenvalue weighted by Gasteiger charge is 2.32. The van der Waals surface area contributed by atoms with Gasteiger partial charge in [0.1, 0.15) is 17.6 Å². The summed E-state index contributed by atoms with van der Waals surface area (Å²) >= 11 is 5.79. The van der Waals surface area contributed by atoms with E-state index < -0.39 is 23.7 Å². The van der Waals surface area contributed by atoms with Gasteiger partial charge in [0.15, 0.2) is 6.61 Å². The largest absolute Gasteiger partial charge is 0.482 e. The third-order valence-electron chi connectivity index (χ3n) is 3.35. The summed E-state index contributed by atoms with van der Waals surface area (Å²) in [6.45, 7) is 0.0748. The topological polar surface area (TPSA) is 66.8 Å². The minimum Gasteiger partial charge on any atom is -0.482 e. The Hall–Kier alpha value is -1.82. The van der Waals surface area contributed by atoms with Crippen LogP contribution < -0.4 is 4.74 Å². The number of ether oxygens (including phenoxy) is 1. The molecule has 0 aromatic heterocycles. The molecular formula is C14H15ClFNO4. The zero-order chi connectivity index (χ0) is 15.4.